The molecule has 0 bridgehead atoms. The van der Waals surface area contributed by atoms with Gasteiger partial charge in [0, 0.05) is 12.6 Å². The van der Waals surface area contributed by atoms with Crippen LogP contribution < -0.4 is 5.32 Å². The van der Waals surface area contributed by atoms with Gasteiger partial charge in [-0.15, -0.1) is 0 Å². The topological polar surface area (TPSA) is 15.3 Å². The van der Waals surface area contributed by atoms with Crippen molar-refractivity contribution in [3.63, 3.8) is 0 Å². The first kappa shape index (κ1) is 8.11. The average molecular weight is 166 g/mol. The third-order valence-corrected chi connectivity index (χ3v) is 2.99. The largest absolute Gasteiger partial charge is 0.362 e. The van der Waals surface area contributed by atoms with Gasteiger partial charge in [-0.25, -0.2) is 0 Å². The van der Waals surface area contributed by atoms with Crippen molar-refractivity contribution in [2.75, 3.05) is 13.2 Å². The number of nitrogens with zero attached hydrogens (tertiary/aromatic N) is 1. The van der Waals surface area contributed by atoms with E-state index in [2.05, 4.69) is 29.4 Å². The van der Waals surface area contributed by atoms with Crippen molar-refractivity contribution >= 4 is 0 Å². The maximum Gasteiger partial charge on any atom is 0.0681 e. The number of rotatable bonds is 1. The smallest absolute Gasteiger partial charge is 0.0681 e. The summed E-state index contributed by atoms with van der Waals surface area (Å²) in [5.41, 5.74) is 0. The summed E-state index contributed by atoms with van der Waals surface area (Å²) in [4.78, 5) is 2.45. The Hall–Kier alpha value is -0.500. The van der Waals surface area contributed by atoms with Gasteiger partial charge in [0.25, 0.3) is 0 Å². The van der Waals surface area contributed by atoms with Crippen LogP contribution in [0.15, 0.2) is 12.3 Å². The Kier molecular flexibility index (Phi) is 2.35. The summed E-state index contributed by atoms with van der Waals surface area (Å²) in [6.45, 7) is 4.45. The minimum Gasteiger partial charge on any atom is -0.362 e. The van der Waals surface area contributed by atoms with E-state index in [9.17, 15) is 0 Å². The van der Waals surface area contributed by atoms with Gasteiger partial charge in [0.1, 0.15) is 0 Å². The van der Waals surface area contributed by atoms with Crippen LogP contribution in [0.5, 0.6) is 0 Å². The maximum atomic E-state index is 3.37. The van der Waals surface area contributed by atoms with Crippen LogP contribution in [0.4, 0.5) is 0 Å². The molecule has 0 amide bonds. The van der Waals surface area contributed by atoms with Crippen LogP contribution in [0.1, 0.15) is 26.2 Å². The van der Waals surface area contributed by atoms with E-state index >= 15 is 0 Å². The Morgan fingerprint density at radius 3 is 2.92 bits per heavy atom. The van der Waals surface area contributed by atoms with Gasteiger partial charge in [-0.3, -0.25) is 5.32 Å². The highest BCUT2D eigenvalue weighted by Gasteiger charge is 2.25. The zero-order valence-electron chi connectivity index (χ0n) is 7.79. The Balaban J connectivity index is 1.91. The molecule has 2 rings (SSSR count). The highest BCUT2D eigenvalue weighted by Crippen LogP contribution is 2.28. The Morgan fingerprint density at radius 1 is 1.42 bits per heavy atom. The summed E-state index contributed by atoms with van der Waals surface area (Å²) in [6.07, 6.45) is 8.65. The van der Waals surface area contributed by atoms with E-state index in [0.29, 0.717) is 0 Å². The molecule has 1 N–H and O–H groups in total. The second-order valence-electron chi connectivity index (χ2n) is 4.08. The average Bonchev–Trinajstić information content (AvgIpc) is 2.54. The van der Waals surface area contributed by atoms with Crippen molar-refractivity contribution in [3.8, 4) is 0 Å². The van der Waals surface area contributed by atoms with E-state index in [-0.39, 0.29) is 0 Å². The van der Waals surface area contributed by atoms with E-state index in [4.69, 9.17) is 0 Å². The molecule has 68 valence electrons. The van der Waals surface area contributed by atoms with Crippen molar-refractivity contribution < 1.29 is 0 Å². The predicted octanol–water partition coefficient (Wildman–Crippen LogP) is 1.55. The first-order valence-electron chi connectivity index (χ1n) is 4.99. The lowest BCUT2D eigenvalue weighted by Gasteiger charge is -2.30. The third-order valence-electron chi connectivity index (χ3n) is 2.99. The Bertz CT molecular complexity index is 177. The highest BCUT2D eigenvalue weighted by atomic mass is 15.2. The fourth-order valence-electron chi connectivity index (χ4n) is 2.25. The van der Waals surface area contributed by atoms with Crippen molar-refractivity contribution in [1.82, 2.24) is 10.2 Å². The molecule has 2 nitrogen and oxygen atoms in total. The van der Waals surface area contributed by atoms with Crippen LogP contribution in [-0.2, 0) is 0 Å². The van der Waals surface area contributed by atoms with Gasteiger partial charge in [0.05, 0.1) is 6.67 Å². The summed E-state index contributed by atoms with van der Waals surface area (Å²) in [7, 11) is 0. The Morgan fingerprint density at radius 2 is 2.33 bits per heavy atom. The third kappa shape index (κ3) is 1.63. The second kappa shape index (κ2) is 3.48. The van der Waals surface area contributed by atoms with E-state index in [1.165, 1.54) is 19.3 Å². The van der Waals surface area contributed by atoms with E-state index < -0.39 is 0 Å². The molecule has 1 heterocycles. The molecule has 0 spiro atoms. The van der Waals surface area contributed by atoms with E-state index in [1.54, 1.807) is 0 Å². The lowest BCUT2D eigenvalue weighted by molar-refractivity contribution is 0.248. The molecule has 0 aromatic heterocycles. The number of hydrogen-bond donors (Lipinski definition) is 1. The standard InChI is InChI=1S/C10H18N2/c1-9-3-4-10(7-9)12-6-2-5-11-8-12/h2,6,9-11H,3-5,7-8H2,1H3. The maximum absolute atomic E-state index is 3.37. The normalized spacial score (nSPS) is 35.9. The summed E-state index contributed by atoms with van der Waals surface area (Å²) in [5, 5.41) is 3.37. The molecular weight excluding hydrogens is 148 g/mol. The van der Waals surface area contributed by atoms with Gasteiger partial charge in [0.15, 0.2) is 0 Å². The monoisotopic (exact) mass is 166 g/mol. The summed E-state index contributed by atoms with van der Waals surface area (Å²) in [5.74, 6) is 0.935. The minimum absolute atomic E-state index is 0.809. The first-order valence-corrected chi connectivity index (χ1v) is 4.99. The molecule has 1 aliphatic heterocycles. The molecule has 0 aromatic carbocycles. The molecule has 2 atom stereocenters. The molecule has 0 aromatic rings. The Labute approximate surface area is 74.6 Å². The molecular formula is C10H18N2. The summed E-state index contributed by atoms with van der Waals surface area (Å²) < 4.78 is 0. The minimum atomic E-state index is 0.809. The number of nitrogens with one attached hydrogen (secondary N) is 1. The molecule has 0 saturated heterocycles. The lowest BCUT2D eigenvalue weighted by atomic mass is 10.1. The highest BCUT2D eigenvalue weighted by molar-refractivity contribution is 4.94. The van der Waals surface area contributed by atoms with Gasteiger partial charge < -0.3 is 4.90 Å². The zero-order chi connectivity index (χ0) is 8.39. The van der Waals surface area contributed by atoms with Gasteiger partial charge in [0.2, 0.25) is 0 Å². The predicted molar refractivity (Wildman–Crippen MR) is 50.7 cm³/mol. The molecule has 2 heteroatoms. The van der Waals surface area contributed by atoms with Crippen LogP contribution in [-0.4, -0.2) is 24.2 Å². The molecule has 2 aliphatic rings. The first-order chi connectivity index (χ1) is 5.86. The van der Waals surface area contributed by atoms with E-state index in [1.807, 2.05) is 0 Å². The van der Waals surface area contributed by atoms with Crippen molar-refractivity contribution in [1.29, 1.82) is 0 Å². The lowest BCUT2D eigenvalue weighted by Crippen LogP contribution is -2.39. The van der Waals surface area contributed by atoms with Gasteiger partial charge >= 0.3 is 0 Å². The van der Waals surface area contributed by atoms with Crippen LogP contribution >= 0.6 is 0 Å². The van der Waals surface area contributed by atoms with Gasteiger partial charge in [-0.05, 0) is 31.4 Å². The second-order valence-corrected chi connectivity index (χ2v) is 4.08. The molecule has 1 saturated carbocycles. The number of hydrogen-bond acceptors (Lipinski definition) is 2. The van der Waals surface area contributed by atoms with Crippen molar-refractivity contribution in [2.24, 2.45) is 5.92 Å². The summed E-state index contributed by atoms with van der Waals surface area (Å²) in [6, 6.07) is 0.809. The summed E-state index contributed by atoms with van der Waals surface area (Å²) >= 11 is 0. The van der Waals surface area contributed by atoms with Crippen LogP contribution in [0.3, 0.4) is 0 Å². The van der Waals surface area contributed by atoms with Crippen molar-refractivity contribution in [3.05, 3.63) is 12.3 Å². The van der Waals surface area contributed by atoms with Crippen LogP contribution in [0.25, 0.3) is 0 Å². The molecule has 12 heavy (non-hydrogen) atoms. The van der Waals surface area contributed by atoms with Crippen molar-refractivity contribution in [2.45, 2.75) is 32.2 Å². The van der Waals surface area contributed by atoms with Gasteiger partial charge in [-0.2, -0.15) is 0 Å². The molecule has 1 fully saturated rings. The molecule has 2 unspecified atom stereocenters. The molecule has 1 aliphatic carbocycles. The zero-order valence-corrected chi connectivity index (χ0v) is 7.79. The van der Waals surface area contributed by atoms with Crippen LogP contribution in [0.2, 0.25) is 0 Å². The quantitative estimate of drug-likeness (QED) is 0.636. The fourth-order valence-corrected chi connectivity index (χ4v) is 2.25. The fraction of sp³-hybridized carbons (Fsp3) is 0.800. The SMILES string of the molecule is CC1CCC(N2C=CCNC2)C1. The van der Waals surface area contributed by atoms with Gasteiger partial charge in [-0.1, -0.05) is 13.0 Å². The van der Waals surface area contributed by atoms with Crippen LogP contribution in [0, 0.1) is 5.92 Å². The molecule has 0 radical (unpaired) electrons. The van der Waals surface area contributed by atoms with E-state index in [0.717, 1.165) is 25.2 Å².